The third kappa shape index (κ3) is 6.14. The smallest absolute Gasteiger partial charge is 0.259 e. The van der Waals surface area contributed by atoms with Crippen molar-refractivity contribution in [3.8, 4) is 0 Å². The molecule has 1 fully saturated rings. The molecule has 8 nitrogen and oxygen atoms in total. The van der Waals surface area contributed by atoms with E-state index < -0.39 is 21.6 Å². The molecule has 0 aromatic heterocycles. The molecule has 226 valence electrons. The highest BCUT2D eigenvalue weighted by molar-refractivity contribution is 7.91. The molecule has 0 atom stereocenters. The van der Waals surface area contributed by atoms with Crippen molar-refractivity contribution < 1.29 is 22.4 Å². The zero-order valence-electron chi connectivity index (χ0n) is 24.2. The van der Waals surface area contributed by atoms with Crippen molar-refractivity contribution in [2.45, 2.75) is 22.9 Å². The summed E-state index contributed by atoms with van der Waals surface area (Å²) in [7, 11) is -4.10. The molecular formula is C34H33FN4O4S. The highest BCUT2D eigenvalue weighted by Gasteiger charge is 2.36. The van der Waals surface area contributed by atoms with Crippen LogP contribution in [0.3, 0.4) is 0 Å². The average molecular weight is 613 g/mol. The number of carbonyl (C=O) groups is 2. The predicted octanol–water partition coefficient (Wildman–Crippen LogP) is 4.37. The van der Waals surface area contributed by atoms with E-state index in [1.807, 2.05) is 6.07 Å². The molecule has 44 heavy (non-hydrogen) atoms. The number of halogens is 1. The van der Waals surface area contributed by atoms with E-state index in [-0.39, 0.29) is 44.6 Å². The Kier molecular flexibility index (Phi) is 8.56. The minimum atomic E-state index is -4.10. The highest BCUT2D eigenvalue weighted by atomic mass is 32.2. The SMILES string of the molecule is O=C(NCCN1CCN(Cc2ccccc2)CC1)c1ccc2c(c1)N(Cc1ccccc1F)C(=O)c1ccccc1S2(=O)=O. The number of nitrogens with one attached hydrogen (secondary N) is 1. The molecule has 1 N–H and O–H groups in total. The van der Waals surface area contributed by atoms with Crippen LogP contribution in [0, 0.1) is 5.82 Å². The summed E-state index contributed by atoms with van der Waals surface area (Å²) in [5.74, 6) is -1.49. The molecule has 10 heteroatoms. The van der Waals surface area contributed by atoms with E-state index in [9.17, 15) is 22.4 Å². The molecule has 4 aromatic rings. The number of hydrogen-bond acceptors (Lipinski definition) is 6. The Morgan fingerprint density at radius 1 is 0.773 bits per heavy atom. The molecule has 0 saturated carbocycles. The van der Waals surface area contributed by atoms with Gasteiger partial charge in [-0.1, -0.05) is 60.7 Å². The monoisotopic (exact) mass is 612 g/mol. The molecule has 0 bridgehead atoms. The first-order valence-corrected chi connectivity index (χ1v) is 16.1. The van der Waals surface area contributed by atoms with Gasteiger partial charge < -0.3 is 10.2 Å². The van der Waals surface area contributed by atoms with Crippen LogP contribution in [-0.2, 0) is 22.9 Å². The van der Waals surface area contributed by atoms with Gasteiger partial charge in [0, 0.05) is 56.9 Å². The summed E-state index contributed by atoms with van der Waals surface area (Å²) < 4.78 is 42.1. The lowest BCUT2D eigenvalue weighted by atomic mass is 10.1. The van der Waals surface area contributed by atoms with Crippen LogP contribution < -0.4 is 10.2 Å². The summed E-state index contributed by atoms with van der Waals surface area (Å²) >= 11 is 0. The Labute approximate surface area is 256 Å². The van der Waals surface area contributed by atoms with Gasteiger partial charge in [-0.2, -0.15) is 0 Å². The van der Waals surface area contributed by atoms with Gasteiger partial charge in [-0.25, -0.2) is 12.8 Å². The van der Waals surface area contributed by atoms with Crippen molar-refractivity contribution in [2.75, 3.05) is 44.2 Å². The molecule has 2 heterocycles. The van der Waals surface area contributed by atoms with Crippen LogP contribution in [-0.4, -0.2) is 69.3 Å². The molecule has 1 saturated heterocycles. The summed E-state index contributed by atoms with van der Waals surface area (Å²) in [6.07, 6.45) is 0. The van der Waals surface area contributed by atoms with Crippen LogP contribution in [0.2, 0.25) is 0 Å². The molecular weight excluding hydrogens is 579 g/mol. The Bertz CT molecular complexity index is 1790. The summed E-state index contributed by atoms with van der Waals surface area (Å²) in [5, 5.41) is 2.94. The molecule has 2 aliphatic heterocycles. The summed E-state index contributed by atoms with van der Waals surface area (Å²) in [6.45, 7) is 5.48. The van der Waals surface area contributed by atoms with Crippen LogP contribution in [0.1, 0.15) is 31.8 Å². The van der Waals surface area contributed by atoms with E-state index in [0.717, 1.165) is 32.7 Å². The second kappa shape index (κ2) is 12.7. The second-order valence-electron chi connectivity index (χ2n) is 11.0. The van der Waals surface area contributed by atoms with Gasteiger partial charge in [0.25, 0.3) is 11.8 Å². The fourth-order valence-corrected chi connectivity index (χ4v) is 7.38. The third-order valence-corrected chi connectivity index (χ3v) is 10.0. The quantitative estimate of drug-likeness (QED) is 0.318. The van der Waals surface area contributed by atoms with Crippen molar-refractivity contribution >= 4 is 27.3 Å². The zero-order valence-corrected chi connectivity index (χ0v) is 25.0. The van der Waals surface area contributed by atoms with Gasteiger partial charge >= 0.3 is 0 Å². The van der Waals surface area contributed by atoms with E-state index in [1.54, 1.807) is 30.3 Å². The first-order chi connectivity index (χ1) is 21.3. The lowest BCUT2D eigenvalue weighted by Crippen LogP contribution is -2.48. The summed E-state index contributed by atoms with van der Waals surface area (Å²) in [6, 6.07) is 26.6. The number of benzene rings is 4. The van der Waals surface area contributed by atoms with Crippen LogP contribution in [0.25, 0.3) is 0 Å². The molecule has 2 aliphatic rings. The maximum Gasteiger partial charge on any atom is 0.259 e. The van der Waals surface area contributed by atoms with Gasteiger partial charge in [-0.15, -0.1) is 0 Å². The van der Waals surface area contributed by atoms with E-state index in [1.165, 1.54) is 46.9 Å². The molecule has 0 aliphatic carbocycles. The van der Waals surface area contributed by atoms with Crippen LogP contribution in [0.4, 0.5) is 10.1 Å². The van der Waals surface area contributed by atoms with Crippen molar-refractivity contribution in [3.05, 3.63) is 125 Å². The molecule has 0 spiro atoms. The molecule has 2 amide bonds. The lowest BCUT2D eigenvalue weighted by molar-refractivity contribution is 0.0931. The van der Waals surface area contributed by atoms with Gasteiger partial charge in [0.15, 0.2) is 0 Å². The molecule has 0 radical (unpaired) electrons. The van der Waals surface area contributed by atoms with Crippen molar-refractivity contribution in [1.82, 2.24) is 15.1 Å². The van der Waals surface area contributed by atoms with E-state index in [2.05, 4.69) is 39.4 Å². The third-order valence-electron chi connectivity index (χ3n) is 8.17. The Morgan fingerprint density at radius 3 is 2.23 bits per heavy atom. The summed E-state index contributed by atoms with van der Waals surface area (Å²) in [4.78, 5) is 32.8. The predicted molar refractivity (Wildman–Crippen MR) is 166 cm³/mol. The van der Waals surface area contributed by atoms with Crippen molar-refractivity contribution in [2.24, 2.45) is 0 Å². The average Bonchev–Trinajstić information content (AvgIpc) is 3.11. The number of anilines is 1. The van der Waals surface area contributed by atoms with E-state index in [4.69, 9.17) is 0 Å². The standard InChI is InChI=1S/C34H33FN4O4S/c35-29-12-6-4-10-27(29)24-39-30-22-26(14-15-32(30)44(42,43)31-13-7-5-11-28(31)34(39)41)33(40)36-16-17-37-18-20-38(21-19-37)23-25-8-2-1-3-9-25/h1-15,22H,16-21,23-24H2,(H,36,40). The second-order valence-corrected chi connectivity index (χ2v) is 12.9. The van der Waals surface area contributed by atoms with E-state index >= 15 is 0 Å². The lowest BCUT2D eigenvalue weighted by Gasteiger charge is -2.34. The number of amides is 2. The topological polar surface area (TPSA) is 90.0 Å². The normalized spacial score (nSPS) is 16.6. The minimum absolute atomic E-state index is 0.00472. The number of rotatable bonds is 8. The number of carbonyl (C=O) groups excluding carboxylic acids is 2. The fourth-order valence-electron chi connectivity index (χ4n) is 5.74. The maximum atomic E-state index is 14.7. The first-order valence-electron chi connectivity index (χ1n) is 14.6. The number of piperazine rings is 1. The molecule has 0 unspecified atom stereocenters. The number of fused-ring (bicyclic) bond motifs is 2. The highest BCUT2D eigenvalue weighted by Crippen LogP contribution is 2.38. The van der Waals surface area contributed by atoms with Gasteiger partial charge in [-0.05, 0) is 42.0 Å². The maximum absolute atomic E-state index is 14.7. The number of hydrogen-bond donors (Lipinski definition) is 1. The summed E-state index contributed by atoms with van der Waals surface area (Å²) in [5.41, 5.74) is 1.76. The van der Waals surface area contributed by atoms with Crippen molar-refractivity contribution in [1.29, 1.82) is 0 Å². The van der Waals surface area contributed by atoms with Gasteiger partial charge in [0.1, 0.15) is 5.82 Å². The fraction of sp³-hybridized carbons (Fsp3) is 0.235. The van der Waals surface area contributed by atoms with Gasteiger partial charge in [-0.3, -0.25) is 19.4 Å². The number of sulfone groups is 1. The minimum Gasteiger partial charge on any atom is -0.351 e. The van der Waals surface area contributed by atoms with Crippen LogP contribution >= 0.6 is 0 Å². The van der Waals surface area contributed by atoms with Crippen molar-refractivity contribution in [3.63, 3.8) is 0 Å². The zero-order chi connectivity index (χ0) is 30.7. The van der Waals surface area contributed by atoms with E-state index in [0.29, 0.717) is 13.1 Å². The molecule has 4 aromatic carbocycles. The van der Waals surface area contributed by atoms with Crippen LogP contribution in [0.15, 0.2) is 107 Å². The molecule has 6 rings (SSSR count). The Morgan fingerprint density at radius 2 is 1.45 bits per heavy atom. The Balaban J connectivity index is 1.17. The number of nitrogens with zero attached hydrogens (tertiary/aromatic N) is 3. The largest absolute Gasteiger partial charge is 0.351 e. The van der Waals surface area contributed by atoms with Crippen LogP contribution in [0.5, 0.6) is 0 Å². The van der Waals surface area contributed by atoms with Gasteiger partial charge in [0.05, 0.1) is 27.6 Å². The Hall–Kier alpha value is -4.38. The first kappa shape index (κ1) is 29.7. The van der Waals surface area contributed by atoms with Gasteiger partial charge in [0.2, 0.25) is 9.84 Å².